The largest absolute Gasteiger partial charge is 0.508 e. The second-order valence-electron chi connectivity index (χ2n) is 29.5. The molecule has 1 aliphatic rings. The van der Waals surface area contributed by atoms with Crippen molar-refractivity contribution in [3.8, 4) is 5.75 Å². The van der Waals surface area contributed by atoms with Crippen LogP contribution in [0.25, 0.3) is 10.8 Å². The van der Waals surface area contributed by atoms with Gasteiger partial charge in [0.05, 0.1) is 104 Å². The predicted octanol–water partition coefficient (Wildman–Crippen LogP) is 4.10. The first-order valence-electron chi connectivity index (χ1n) is 40.6. The van der Waals surface area contributed by atoms with Crippen LogP contribution in [-0.4, -0.2) is 242 Å². The minimum Gasteiger partial charge on any atom is -0.508 e. The number of ether oxygens (including phenoxy) is 6. The van der Waals surface area contributed by atoms with Crippen molar-refractivity contribution in [2.75, 3.05) is 130 Å². The number of nitrogens with one attached hydrogen (secondary N) is 8. The number of unbranched alkanes of at least 4 members (excludes halogenated alkanes) is 3. The summed E-state index contributed by atoms with van der Waals surface area (Å²) in [6.45, 7) is 14.2. The van der Waals surface area contributed by atoms with E-state index in [1.165, 1.54) is 40.6 Å². The van der Waals surface area contributed by atoms with Gasteiger partial charge in [-0.1, -0.05) is 110 Å². The maximum absolute atomic E-state index is 15.1. The van der Waals surface area contributed by atoms with Gasteiger partial charge in [-0.15, -0.1) is 0 Å². The second kappa shape index (κ2) is 59.9. The van der Waals surface area contributed by atoms with Gasteiger partial charge < -0.3 is 104 Å². The standard InChI is InChI=1S/C82H131N13O18S2/c1-56(2)87-30-12-9-17-63-52-74(100)72(50-59-22-25-67(97)26-23-59)95-79(105)64(47-58(5)96)28-46-114-115-55-66(51-68(98)54-91-77(103)65(49-60-21-24-61-15-6-7-16-62(61)48-60)53-73(99)69(93-78(63)104)20-14-32-90-82(85)86)80(106)94-71(19-10-13-31-88-57(3)4)81(107)89-33-35-109-37-39-111-41-43-113-45-44-112-42-40-110-38-36-108-34-27-75(101)92-70(76(84)102)18-8-11-29-83/h6-7,15-16,21-26,48,56-57,63-66,69-72,87-88,97H,8-14,17-20,27-47,49-55,83H2,1-5H3,(H2,84,102)(H,89,107)(H,91,103)(H,92,101)(H,93,104)(H,94,106)(H,95,105)(H4,85,86,90)/t63?,64?,65?,66?,69-,70?,71?,72?/m1/s1. The summed E-state index contributed by atoms with van der Waals surface area (Å²) in [5.41, 5.74) is 23.6. The van der Waals surface area contributed by atoms with Gasteiger partial charge in [0.15, 0.2) is 23.3 Å². The number of nitrogens with zero attached hydrogens (tertiary/aromatic N) is 1. The number of phenolic OH excluding ortho intramolecular Hbond substituents is 1. The summed E-state index contributed by atoms with van der Waals surface area (Å²) in [6, 6.07) is 15.8. The fourth-order valence-corrected chi connectivity index (χ4v) is 15.0. The zero-order chi connectivity index (χ0) is 84.0. The van der Waals surface area contributed by atoms with E-state index >= 15 is 4.79 Å². The van der Waals surface area contributed by atoms with Crippen LogP contribution >= 0.6 is 21.6 Å². The molecule has 8 atom stereocenters. The van der Waals surface area contributed by atoms with Gasteiger partial charge in [-0.05, 0) is 144 Å². The van der Waals surface area contributed by atoms with E-state index in [9.17, 15) is 53.1 Å². The molecule has 7 unspecified atom stereocenters. The minimum atomic E-state index is -1.21. The molecule has 1 aliphatic heterocycles. The maximum Gasteiger partial charge on any atom is 0.242 e. The second-order valence-corrected chi connectivity index (χ2v) is 32.1. The molecule has 7 amide bonds. The average Bonchev–Trinajstić information content (AvgIpc) is 0.835. The number of hydrogen-bond acceptors (Lipinski definition) is 24. The Hall–Kier alpha value is -7.70. The molecule has 0 spiro atoms. The Labute approximate surface area is 686 Å². The summed E-state index contributed by atoms with van der Waals surface area (Å²) in [6.07, 6.45) is 3.97. The number of guanidine groups is 1. The molecule has 33 heteroatoms. The number of rotatable bonds is 52. The number of aromatic hydroxyl groups is 1. The Balaban J connectivity index is 1.48. The quantitative estimate of drug-likeness (QED) is 0.0164. The molecule has 4 rings (SSSR count). The number of primary amides is 1. The summed E-state index contributed by atoms with van der Waals surface area (Å²) >= 11 is 0. The molecule has 0 radical (unpaired) electrons. The molecule has 17 N–H and O–H groups in total. The van der Waals surface area contributed by atoms with Crippen LogP contribution < -0.4 is 65.5 Å². The molecular formula is C82H131N13O18S2. The van der Waals surface area contributed by atoms with Crippen LogP contribution in [0.3, 0.4) is 0 Å². The number of amides is 7. The molecular weight excluding hydrogens is 1520 g/mol. The normalized spacial score (nSPS) is 18.6. The molecule has 3 aromatic rings. The van der Waals surface area contributed by atoms with Gasteiger partial charge >= 0.3 is 0 Å². The molecule has 115 heavy (non-hydrogen) atoms. The van der Waals surface area contributed by atoms with Gasteiger partial charge in [-0.3, -0.25) is 52.9 Å². The highest BCUT2D eigenvalue weighted by atomic mass is 33.1. The van der Waals surface area contributed by atoms with Crippen molar-refractivity contribution in [1.29, 1.82) is 0 Å². The lowest BCUT2D eigenvalue weighted by Crippen LogP contribution is -2.50. The van der Waals surface area contributed by atoms with Crippen molar-refractivity contribution in [1.82, 2.24) is 42.5 Å². The molecule has 0 bridgehead atoms. The van der Waals surface area contributed by atoms with Crippen molar-refractivity contribution in [2.45, 2.75) is 193 Å². The zero-order valence-corrected chi connectivity index (χ0v) is 69.8. The van der Waals surface area contributed by atoms with Crippen molar-refractivity contribution in [2.24, 2.45) is 51.6 Å². The fraction of sp³-hybridized carbons (Fsp3) is 0.659. The number of Topliss-reactive ketones (excluding diaryl/α,β-unsaturated/α-hetero) is 4. The summed E-state index contributed by atoms with van der Waals surface area (Å²) in [4.78, 5) is 159. The average molecular weight is 1650 g/mol. The molecule has 31 nitrogen and oxygen atoms in total. The van der Waals surface area contributed by atoms with Crippen LogP contribution in [0.5, 0.6) is 5.75 Å². The van der Waals surface area contributed by atoms with Crippen LogP contribution in [0.4, 0.5) is 0 Å². The monoisotopic (exact) mass is 1650 g/mol. The topological polar surface area (TPSA) is 476 Å². The van der Waals surface area contributed by atoms with Crippen LogP contribution in [0, 0.1) is 23.7 Å². The third-order valence-corrected chi connectivity index (χ3v) is 21.4. The molecule has 1 fully saturated rings. The van der Waals surface area contributed by atoms with Crippen molar-refractivity contribution in [3.05, 3.63) is 77.9 Å². The van der Waals surface area contributed by atoms with Crippen LogP contribution in [-0.2, 0) is 94.0 Å². The third-order valence-electron chi connectivity index (χ3n) is 18.9. The smallest absolute Gasteiger partial charge is 0.242 e. The maximum atomic E-state index is 15.1. The highest BCUT2D eigenvalue weighted by Gasteiger charge is 2.35. The van der Waals surface area contributed by atoms with E-state index in [1.807, 2.05) is 70.2 Å². The molecule has 3 aromatic carbocycles. The number of phenols is 1. The van der Waals surface area contributed by atoms with Crippen LogP contribution in [0.15, 0.2) is 71.7 Å². The SMILES string of the molecule is CC(=O)CC1CCSSCC(C(=O)NC(CCCCNC(C)C)C(=O)NCCOCCOCCOCCOCCOCCOCCC(=O)NC(CCCCN)C(N)=O)CC(=O)CNC(=O)C(Cc2ccc3ccccc3c2)CC(=O)[C@@H](CCCN=C(N)N)NC(=O)C(CCCCNC(C)C)CC(=O)C(Cc2ccc(O)cc2)NC1=O. The number of carbonyl (C=O) groups excluding carboxylic acids is 11. The van der Waals surface area contributed by atoms with E-state index in [-0.39, 0.29) is 164 Å². The van der Waals surface area contributed by atoms with E-state index < -0.39 is 114 Å². The lowest BCUT2D eigenvalue weighted by Gasteiger charge is -2.26. The molecule has 0 aromatic heterocycles. The Morgan fingerprint density at radius 2 is 1.14 bits per heavy atom. The van der Waals surface area contributed by atoms with Gasteiger partial charge in [0.2, 0.25) is 41.4 Å². The van der Waals surface area contributed by atoms with Crippen molar-refractivity contribution >= 4 is 103 Å². The Bertz CT molecular complexity index is 3430. The highest BCUT2D eigenvalue weighted by Crippen LogP contribution is 2.30. The summed E-state index contributed by atoms with van der Waals surface area (Å²) in [5, 5.41) is 36.0. The van der Waals surface area contributed by atoms with Gasteiger partial charge in [0.1, 0.15) is 23.6 Å². The molecule has 0 saturated carbocycles. The third kappa shape index (κ3) is 45.6. The first kappa shape index (κ1) is 99.7. The fourth-order valence-electron chi connectivity index (χ4n) is 12.6. The first-order chi connectivity index (χ1) is 55.3. The van der Waals surface area contributed by atoms with Crippen LogP contribution in [0.1, 0.15) is 155 Å². The number of carbonyl (C=O) groups is 11. The predicted molar refractivity (Wildman–Crippen MR) is 446 cm³/mol. The Kier molecular flexibility index (Phi) is 51.9. The summed E-state index contributed by atoms with van der Waals surface area (Å²) in [5.74, 6) is -9.46. The number of ketones is 4. The summed E-state index contributed by atoms with van der Waals surface area (Å²) in [7, 11) is 2.57. The highest BCUT2D eigenvalue weighted by molar-refractivity contribution is 8.76. The van der Waals surface area contributed by atoms with Gasteiger partial charge in [0, 0.05) is 86.5 Å². The number of hydrogen-bond donors (Lipinski definition) is 13. The van der Waals surface area contributed by atoms with E-state index in [4.69, 9.17) is 51.4 Å². The Morgan fingerprint density at radius 1 is 0.574 bits per heavy atom. The van der Waals surface area contributed by atoms with Gasteiger partial charge in [0.25, 0.3) is 0 Å². The molecule has 1 saturated heterocycles. The van der Waals surface area contributed by atoms with E-state index in [0.717, 1.165) is 22.8 Å². The van der Waals surface area contributed by atoms with Gasteiger partial charge in [-0.25, -0.2) is 0 Å². The van der Waals surface area contributed by atoms with Crippen LogP contribution in [0.2, 0.25) is 0 Å². The number of nitrogens with two attached hydrogens (primary N) is 4. The van der Waals surface area contributed by atoms with E-state index in [1.54, 1.807) is 12.1 Å². The number of aliphatic imine (C=N–C) groups is 1. The minimum absolute atomic E-state index is 0.0181. The molecule has 1 heterocycles. The molecule has 0 aliphatic carbocycles. The van der Waals surface area contributed by atoms with Crippen molar-refractivity contribution in [3.63, 3.8) is 0 Å². The van der Waals surface area contributed by atoms with E-state index in [0.29, 0.717) is 110 Å². The first-order valence-corrected chi connectivity index (χ1v) is 43.1. The number of benzene rings is 3. The van der Waals surface area contributed by atoms with Gasteiger partial charge in [-0.2, -0.15) is 0 Å². The number of fused-ring (bicyclic) bond motifs is 1. The lowest BCUT2D eigenvalue weighted by atomic mass is 9.88. The lowest BCUT2D eigenvalue weighted by molar-refractivity contribution is -0.135. The van der Waals surface area contributed by atoms with E-state index in [2.05, 4.69) is 47.5 Å². The van der Waals surface area contributed by atoms with Crippen molar-refractivity contribution < 1.29 is 86.3 Å². The Morgan fingerprint density at radius 3 is 1.76 bits per heavy atom. The molecule has 644 valence electrons. The summed E-state index contributed by atoms with van der Waals surface area (Å²) < 4.78 is 33.5. The zero-order valence-electron chi connectivity index (χ0n) is 68.2.